The van der Waals surface area contributed by atoms with E-state index in [-0.39, 0.29) is 37.9 Å². The maximum atomic E-state index is 12.7. The molecular weight excluding hydrogens is 427 g/mol. The van der Waals surface area contributed by atoms with Crippen molar-refractivity contribution in [3.63, 3.8) is 0 Å². The van der Waals surface area contributed by atoms with Gasteiger partial charge in [-0.15, -0.1) is 0 Å². The van der Waals surface area contributed by atoms with Crippen LogP contribution in [0.3, 0.4) is 0 Å². The summed E-state index contributed by atoms with van der Waals surface area (Å²) in [6.07, 6.45) is 1.67. The minimum absolute atomic E-state index is 0.172. The average molecular weight is 447 g/mol. The molecule has 1 aromatic heterocycles. The Bertz CT molecular complexity index is 1040. The van der Waals surface area contributed by atoms with Crippen LogP contribution in [0.5, 0.6) is 0 Å². The summed E-state index contributed by atoms with van der Waals surface area (Å²) in [5.41, 5.74) is -4.40. The Morgan fingerprint density at radius 2 is 1.93 bits per heavy atom. The van der Waals surface area contributed by atoms with E-state index < -0.39 is 15.5 Å². The Morgan fingerprint density at radius 3 is 2.53 bits per heavy atom. The van der Waals surface area contributed by atoms with Gasteiger partial charge in [-0.3, -0.25) is 9.63 Å². The van der Waals surface area contributed by atoms with Crippen LogP contribution in [0.15, 0.2) is 24.5 Å². The number of anilines is 1. The van der Waals surface area contributed by atoms with E-state index in [1.807, 2.05) is 0 Å². The second-order valence-corrected chi connectivity index (χ2v) is 8.64. The highest BCUT2D eigenvalue weighted by molar-refractivity contribution is 7.90. The number of hydrogen-bond acceptors (Lipinski definition) is 7. The topological polar surface area (TPSA) is 105 Å². The molecular formula is C17H20F3N5O4S. The van der Waals surface area contributed by atoms with Crippen LogP contribution in [-0.2, 0) is 14.9 Å². The number of nitrogens with one attached hydrogen (secondary N) is 1. The largest absolute Gasteiger partial charge is 0.511 e. The summed E-state index contributed by atoms with van der Waals surface area (Å²) in [6, 6.07) is 4.55. The van der Waals surface area contributed by atoms with Crippen LogP contribution in [0.4, 0.5) is 19.0 Å². The molecule has 1 aliphatic heterocycles. The first kappa shape index (κ1) is 22.2. The summed E-state index contributed by atoms with van der Waals surface area (Å²) in [7, 11) is -2.50. The molecule has 0 unspecified atom stereocenters. The van der Waals surface area contributed by atoms with Gasteiger partial charge in [0.15, 0.2) is 0 Å². The molecule has 1 saturated heterocycles. The first-order chi connectivity index (χ1) is 14.0. The highest BCUT2D eigenvalue weighted by Gasteiger charge is 2.50. The van der Waals surface area contributed by atoms with Gasteiger partial charge in [-0.05, 0) is 31.0 Å². The summed E-state index contributed by atoms with van der Waals surface area (Å²) < 4.78 is 61.7. The lowest BCUT2D eigenvalue weighted by Crippen LogP contribution is -2.47. The predicted octanol–water partition coefficient (Wildman–Crippen LogP) is 1.99. The van der Waals surface area contributed by atoms with Gasteiger partial charge < -0.3 is 5.32 Å². The number of fused-ring (bicyclic) bond motifs is 1. The quantitative estimate of drug-likeness (QED) is 0.699. The minimum Gasteiger partial charge on any atom is -0.367 e. The van der Waals surface area contributed by atoms with E-state index in [2.05, 4.69) is 15.3 Å². The molecule has 0 atom stereocenters. The lowest BCUT2D eigenvalue weighted by Gasteiger charge is -2.32. The lowest BCUT2D eigenvalue weighted by molar-refractivity contribution is -0.0756. The van der Waals surface area contributed by atoms with Crippen molar-refractivity contribution in [3.8, 4) is 0 Å². The van der Waals surface area contributed by atoms with Crippen LogP contribution in [0, 0.1) is 0 Å². The van der Waals surface area contributed by atoms with E-state index in [0.717, 1.165) is 5.06 Å². The van der Waals surface area contributed by atoms with E-state index in [0.29, 0.717) is 26.6 Å². The zero-order valence-electron chi connectivity index (χ0n) is 16.2. The second kappa shape index (κ2) is 8.32. The van der Waals surface area contributed by atoms with Gasteiger partial charge in [0.25, 0.3) is 5.91 Å². The van der Waals surface area contributed by atoms with E-state index in [9.17, 15) is 26.4 Å². The molecule has 2 heterocycles. The van der Waals surface area contributed by atoms with Crippen LogP contribution in [0.1, 0.15) is 23.2 Å². The van der Waals surface area contributed by atoms with Crippen molar-refractivity contribution >= 4 is 32.7 Å². The first-order valence-electron chi connectivity index (χ1n) is 8.94. The fraction of sp³-hybridized carbons (Fsp3) is 0.471. The zero-order chi connectivity index (χ0) is 22.1. The summed E-state index contributed by atoms with van der Waals surface area (Å²) in [4.78, 5) is 25.5. The summed E-state index contributed by atoms with van der Waals surface area (Å²) in [5.74, 6) is 0.0340. The third kappa shape index (κ3) is 4.32. The molecule has 9 nitrogen and oxygen atoms in total. The molecule has 0 aliphatic carbocycles. The fourth-order valence-electron chi connectivity index (χ4n) is 3.15. The molecule has 0 radical (unpaired) electrons. The number of halogens is 3. The monoisotopic (exact) mass is 447 g/mol. The molecule has 1 fully saturated rings. The van der Waals surface area contributed by atoms with Gasteiger partial charge in [0.1, 0.15) is 12.1 Å². The Morgan fingerprint density at radius 1 is 1.27 bits per heavy atom. The minimum atomic E-state index is -5.33. The van der Waals surface area contributed by atoms with Crippen molar-refractivity contribution in [2.24, 2.45) is 0 Å². The normalized spacial score (nSPS) is 16.6. The first-order valence-corrected chi connectivity index (χ1v) is 10.4. The molecule has 30 heavy (non-hydrogen) atoms. The number of alkyl halides is 3. The molecule has 1 aromatic carbocycles. The number of hydroxylamine groups is 2. The van der Waals surface area contributed by atoms with Crippen molar-refractivity contribution in [1.29, 1.82) is 0 Å². The Hall–Kier alpha value is -2.51. The average Bonchev–Trinajstić information content (AvgIpc) is 2.72. The van der Waals surface area contributed by atoms with Crippen LogP contribution in [0.2, 0.25) is 0 Å². The van der Waals surface area contributed by atoms with Gasteiger partial charge >= 0.3 is 15.5 Å². The van der Waals surface area contributed by atoms with Crippen molar-refractivity contribution < 1.29 is 31.2 Å². The predicted molar refractivity (Wildman–Crippen MR) is 102 cm³/mol. The van der Waals surface area contributed by atoms with Gasteiger partial charge in [-0.2, -0.15) is 17.5 Å². The number of amides is 1. The van der Waals surface area contributed by atoms with E-state index >= 15 is 0 Å². The summed E-state index contributed by atoms with van der Waals surface area (Å²) in [6.45, 7) is -0.518. The van der Waals surface area contributed by atoms with Crippen LogP contribution < -0.4 is 5.32 Å². The van der Waals surface area contributed by atoms with E-state index in [1.165, 1.54) is 20.5 Å². The lowest BCUT2D eigenvalue weighted by atomic mass is 10.1. The van der Waals surface area contributed by atoms with Crippen molar-refractivity contribution in [2.45, 2.75) is 24.4 Å². The number of aromatic nitrogens is 2. The Labute approximate surface area is 170 Å². The third-order valence-corrected chi connectivity index (χ3v) is 6.50. The van der Waals surface area contributed by atoms with Crippen LogP contribution >= 0.6 is 0 Å². The molecule has 1 N–H and O–H groups in total. The summed E-state index contributed by atoms with van der Waals surface area (Å²) >= 11 is 0. The molecule has 1 aliphatic rings. The smallest absolute Gasteiger partial charge is 0.367 e. The van der Waals surface area contributed by atoms with Crippen molar-refractivity contribution in [1.82, 2.24) is 19.3 Å². The molecule has 0 saturated carbocycles. The highest BCUT2D eigenvalue weighted by Crippen LogP contribution is 2.30. The number of rotatable bonds is 5. The third-order valence-electron chi connectivity index (χ3n) is 4.87. The number of piperidine rings is 1. The van der Waals surface area contributed by atoms with Gasteiger partial charge in [-0.1, -0.05) is 0 Å². The Kier molecular flexibility index (Phi) is 6.15. The molecule has 0 spiro atoms. The molecule has 2 aromatic rings. The maximum absolute atomic E-state index is 12.7. The standard InChI is InChI=1S/C17H20F3N5O4S/c1-24(29-2)16(26)11-3-4-14-13(9-11)15(22-10-21-14)23-12-5-7-25(8-6-12)30(27,28)17(18,19)20/h3-4,9-10,12H,5-8H2,1-2H3,(H,21,22,23). The zero-order valence-corrected chi connectivity index (χ0v) is 17.0. The number of sulfonamides is 1. The van der Waals surface area contributed by atoms with Gasteiger partial charge in [0, 0.05) is 37.1 Å². The van der Waals surface area contributed by atoms with Gasteiger partial charge in [0.05, 0.1) is 12.6 Å². The van der Waals surface area contributed by atoms with Crippen molar-refractivity contribution in [3.05, 3.63) is 30.1 Å². The van der Waals surface area contributed by atoms with Gasteiger partial charge in [0.2, 0.25) is 0 Å². The maximum Gasteiger partial charge on any atom is 0.511 e. The Balaban J connectivity index is 1.78. The number of hydrogen-bond donors (Lipinski definition) is 1. The van der Waals surface area contributed by atoms with E-state index in [1.54, 1.807) is 18.2 Å². The molecule has 164 valence electrons. The second-order valence-electron chi connectivity index (χ2n) is 6.71. The van der Waals surface area contributed by atoms with Crippen LogP contribution in [-0.4, -0.2) is 72.5 Å². The molecule has 0 bridgehead atoms. The molecule has 3 rings (SSSR count). The number of carbonyl (C=O) groups excluding carboxylic acids is 1. The fourth-order valence-corrected chi connectivity index (χ4v) is 4.13. The van der Waals surface area contributed by atoms with Crippen molar-refractivity contribution in [2.75, 3.05) is 32.6 Å². The SMILES string of the molecule is CON(C)C(=O)c1ccc2ncnc(NC3CCN(S(=O)(=O)C(F)(F)F)CC3)c2c1. The van der Waals surface area contributed by atoms with E-state index in [4.69, 9.17) is 4.84 Å². The summed E-state index contributed by atoms with van der Waals surface area (Å²) in [5, 5.41) is 4.75. The van der Waals surface area contributed by atoms with Crippen LogP contribution in [0.25, 0.3) is 10.9 Å². The van der Waals surface area contributed by atoms with Gasteiger partial charge in [-0.25, -0.2) is 23.4 Å². The molecule has 13 heteroatoms. The number of benzene rings is 1. The number of carbonyl (C=O) groups is 1. The highest BCUT2D eigenvalue weighted by atomic mass is 32.2. The number of nitrogens with zero attached hydrogens (tertiary/aromatic N) is 4. The molecule has 1 amide bonds.